The Labute approximate surface area is 139 Å². The first-order valence-electron chi connectivity index (χ1n) is 7.78. The Bertz CT molecular complexity index is 823. The van der Waals surface area contributed by atoms with Gasteiger partial charge < -0.3 is 10.5 Å². The van der Waals surface area contributed by atoms with E-state index in [0.29, 0.717) is 11.4 Å². The van der Waals surface area contributed by atoms with Gasteiger partial charge in [-0.05, 0) is 24.6 Å². The number of hydrogen-bond acceptors (Lipinski definition) is 3. The zero-order valence-electron chi connectivity index (χ0n) is 13.2. The third kappa shape index (κ3) is 1.76. The number of hydrogen-bond donors (Lipinski definition) is 1. The maximum atomic E-state index is 13.0. The summed E-state index contributed by atoms with van der Waals surface area (Å²) in [6, 6.07) is 15.8. The molecule has 2 heterocycles. The zero-order chi connectivity index (χ0) is 16.9. The summed E-state index contributed by atoms with van der Waals surface area (Å²) in [5.41, 5.74) is 6.19. The van der Waals surface area contributed by atoms with E-state index < -0.39 is 17.6 Å². The van der Waals surface area contributed by atoms with Gasteiger partial charge in [-0.1, -0.05) is 42.5 Å². The van der Waals surface area contributed by atoms with Gasteiger partial charge in [0.05, 0.1) is 12.2 Å². The molecule has 1 fully saturated rings. The van der Waals surface area contributed by atoms with Crippen molar-refractivity contribution in [1.29, 1.82) is 0 Å². The Kier molecular flexibility index (Phi) is 3.03. The average molecular weight is 323 g/mol. The first-order valence-corrected chi connectivity index (χ1v) is 7.78. The topological polar surface area (TPSA) is 75.9 Å². The Hall–Kier alpha value is -3.02. The van der Waals surface area contributed by atoms with E-state index in [1.54, 1.807) is 4.90 Å². The summed E-state index contributed by atoms with van der Waals surface area (Å²) in [6.45, 7) is 2.06. The minimum atomic E-state index is -0.804. The summed E-state index contributed by atoms with van der Waals surface area (Å²) >= 11 is 0. The van der Waals surface area contributed by atoms with Crippen molar-refractivity contribution in [2.75, 3.05) is 11.4 Å². The summed E-state index contributed by atoms with van der Waals surface area (Å²) in [5.74, 6) is 0.622. The van der Waals surface area contributed by atoms with Crippen LogP contribution < -0.4 is 15.4 Å². The van der Waals surface area contributed by atoms with Crippen molar-refractivity contribution in [2.45, 2.75) is 18.6 Å². The molecule has 2 N–H and O–H groups in total. The average Bonchev–Trinajstić information content (AvgIpc) is 2.92. The Balaban J connectivity index is 1.98. The van der Waals surface area contributed by atoms with Gasteiger partial charge in [-0.3, -0.25) is 4.90 Å². The number of carbonyl (C=O) groups is 2. The number of rotatable bonds is 1. The van der Waals surface area contributed by atoms with Crippen molar-refractivity contribution in [1.82, 2.24) is 4.90 Å². The van der Waals surface area contributed by atoms with Gasteiger partial charge in [0, 0.05) is 0 Å². The Morgan fingerprint density at radius 3 is 2.54 bits per heavy atom. The maximum Gasteiger partial charge on any atom is 0.333 e. The quantitative estimate of drug-likeness (QED) is 0.876. The molecule has 24 heavy (non-hydrogen) atoms. The molecule has 0 saturated carbocycles. The van der Waals surface area contributed by atoms with Crippen LogP contribution in [0.25, 0.3) is 0 Å². The fourth-order valence-corrected chi connectivity index (χ4v) is 3.68. The van der Waals surface area contributed by atoms with E-state index >= 15 is 0 Å². The third-order valence-electron chi connectivity index (χ3n) is 4.84. The molecule has 0 aliphatic carbocycles. The third-order valence-corrected chi connectivity index (χ3v) is 4.84. The number of ether oxygens (including phenoxy) is 1. The van der Waals surface area contributed by atoms with Crippen LogP contribution in [0.5, 0.6) is 5.75 Å². The highest BCUT2D eigenvalue weighted by atomic mass is 16.5. The van der Waals surface area contributed by atoms with E-state index in [2.05, 4.69) is 0 Å². The van der Waals surface area contributed by atoms with Gasteiger partial charge in [0.15, 0.2) is 0 Å². The minimum Gasteiger partial charge on any atom is -0.486 e. The second-order valence-corrected chi connectivity index (χ2v) is 6.06. The van der Waals surface area contributed by atoms with Crippen LogP contribution in [0.4, 0.5) is 15.3 Å². The van der Waals surface area contributed by atoms with Crippen molar-refractivity contribution < 1.29 is 14.3 Å². The van der Waals surface area contributed by atoms with Crippen LogP contribution >= 0.6 is 0 Å². The van der Waals surface area contributed by atoms with E-state index in [9.17, 15) is 9.59 Å². The molecular formula is C18H17N3O3. The molecule has 1 saturated heterocycles. The summed E-state index contributed by atoms with van der Waals surface area (Å²) in [7, 11) is 0. The Morgan fingerprint density at radius 2 is 1.83 bits per heavy atom. The monoisotopic (exact) mass is 323 g/mol. The smallest absolute Gasteiger partial charge is 0.333 e. The molecule has 0 aromatic heterocycles. The number of benzene rings is 2. The number of imide groups is 1. The predicted octanol–water partition coefficient (Wildman–Crippen LogP) is 2.68. The molecule has 2 aromatic carbocycles. The number of anilines is 1. The van der Waals surface area contributed by atoms with E-state index in [1.165, 1.54) is 0 Å². The first kappa shape index (κ1) is 14.6. The molecule has 2 aliphatic heterocycles. The SMILES string of the molecule is CC1Oc2ccccc2N2C(=O)N(C(N)=O)CC12c1ccccc1. The summed E-state index contributed by atoms with van der Waals surface area (Å²) in [4.78, 5) is 27.5. The zero-order valence-corrected chi connectivity index (χ0v) is 13.2. The van der Waals surface area contributed by atoms with Crippen LogP contribution in [-0.4, -0.2) is 29.6 Å². The number of fused-ring (bicyclic) bond motifs is 3. The fourth-order valence-electron chi connectivity index (χ4n) is 3.68. The normalized spacial score (nSPS) is 25.0. The largest absolute Gasteiger partial charge is 0.486 e. The molecule has 0 spiro atoms. The van der Waals surface area contributed by atoms with Crippen LogP contribution in [0.15, 0.2) is 54.6 Å². The van der Waals surface area contributed by atoms with Crippen molar-refractivity contribution in [3.63, 3.8) is 0 Å². The van der Waals surface area contributed by atoms with Gasteiger partial charge in [0.1, 0.15) is 17.4 Å². The highest BCUT2D eigenvalue weighted by Gasteiger charge is 2.59. The van der Waals surface area contributed by atoms with E-state index in [1.807, 2.05) is 61.5 Å². The summed E-state index contributed by atoms with van der Waals surface area (Å²) in [6.07, 6.45) is -0.344. The molecule has 4 rings (SSSR count). The van der Waals surface area contributed by atoms with Crippen LogP contribution in [0.1, 0.15) is 12.5 Å². The molecule has 6 heteroatoms. The number of primary amides is 1. The lowest BCUT2D eigenvalue weighted by Crippen LogP contribution is -2.57. The minimum absolute atomic E-state index is 0.153. The van der Waals surface area contributed by atoms with Gasteiger partial charge in [-0.15, -0.1) is 0 Å². The second-order valence-electron chi connectivity index (χ2n) is 6.06. The molecule has 4 amide bonds. The number of para-hydroxylation sites is 2. The van der Waals surface area contributed by atoms with Gasteiger partial charge >= 0.3 is 12.1 Å². The van der Waals surface area contributed by atoms with Crippen molar-refractivity contribution in [2.24, 2.45) is 5.73 Å². The van der Waals surface area contributed by atoms with Crippen LogP contribution in [0.2, 0.25) is 0 Å². The number of amides is 4. The van der Waals surface area contributed by atoms with Crippen LogP contribution in [-0.2, 0) is 5.54 Å². The van der Waals surface area contributed by atoms with E-state index in [-0.39, 0.29) is 12.6 Å². The van der Waals surface area contributed by atoms with Crippen LogP contribution in [0, 0.1) is 0 Å². The van der Waals surface area contributed by atoms with Gasteiger partial charge in [-0.2, -0.15) is 0 Å². The number of urea groups is 2. The second kappa shape index (κ2) is 4.99. The predicted molar refractivity (Wildman–Crippen MR) is 88.8 cm³/mol. The standard InChI is InChI=1S/C18H17N3O3/c1-12-18(13-7-3-2-4-8-13)11-20(16(19)22)17(23)21(18)14-9-5-6-10-15(14)24-12/h2-10,12H,11H2,1H3,(H2,19,22). The molecule has 2 aromatic rings. The summed E-state index contributed by atoms with van der Waals surface area (Å²) < 4.78 is 6.11. The number of nitrogens with two attached hydrogens (primary N) is 1. The Morgan fingerprint density at radius 1 is 1.17 bits per heavy atom. The maximum absolute atomic E-state index is 13.0. The van der Waals surface area contributed by atoms with Crippen molar-refractivity contribution in [3.8, 4) is 5.75 Å². The van der Waals surface area contributed by atoms with Gasteiger partial charge in [0.25, 0.3) is 0 Å². The molecule has 0 radical (unpaired) electrons. The molecule has 0 bridgehead atoms. The molecule has 122 valence electrons. The molecule has 2 aliphatic rings. The lowest BCUT2D eigenvalue weighted by molar-refractivity contribution is 0.112. The summed E-state index contributed by atoms with van der Waals surface area (Å²) in [5, 5.41) is 0. The molecular weight excluding hydrogens is 306 g/mol. The lowest BCUT2D eigenvalue weighted by atomic mass is 9.82. The van der Waals surface area contributed by atoms with Crippen molar-refractivity contribution in [3.05, 3.63) is 60.2 Å². The number of nitrogens with zero attached hydrogens (tertiary/aromatic N) is 2. The number of carbonyl (C=O) groups excluding carboxylic acids is 2. The highest BCUT2D eigenvalue weighted by Crippen LogP contribution is 2.50. The van der Waals surface area contributed by atoms with E-state index in [4.69, 9.17) is 10.5 Å². The van der Waals surface area contributed by atoms with Gasteiger partial charge in [-0.25, -0.2) is 14.5 Å². The lowest BCUT2D eigenvalue weighted by Gasteiger charge is -2.46. The molecule has 2 unspecified atom stereocenters. The fraction of sp³-hybridized carbons (Fsp3) is 0.222. The molecule has 6 nitrogen and oxygen atoms in total. The highest BCUT2D eigenvalue weighted by molar-refractivity contribution is 6.06. The van der Waals surface area contributed by atoms with Crippen molar-refractivity contribution >= 4 is 17.7 Å². The van der Waals surface area contributed by atoms with E-state index in [0.717, 1.165) is 10.5 Å². The molecule has 2 atom stereocenters. The van der Waals surface area contributed by atoms with Crippen LogP contribution in [0.3, 0.4) is 0 Å². The van der Waals surface area contributed by atoms with Gasteiger partial charge in [0.2, 0.25) is 0 Å². The first-order chi connectivity index (χ1) is 11.6.